The Morgan fingerprint density at radius 1 is 1.17 bits per heavy atom. The third kappa shape index (κ3) is 2.96. The fourth-order valence-electron chi connectivity index (χ4n) is 2.99. The summed E-state index contributed by atoms with van der Waals surface area (Å²) in [5.41, 5.74) is 3.44. The lowest BCUT2D eigenvalue weighted by Crippen LogP contribution is -2.35. The molecule has 0 spiro atoms. The molecule has 4 heterocycles. The number of hydrogen-bond donors (Lipinski definition) is 1. The highest BCUT2D eigenvalue weighted by Crippen LogP contribution is 2.19. The van der Waals surface area contributed by atoms with Gasteiger partial charge in [-0.05, 0) is 30.7 Å². The number of hydrogen-bond acceptors (Lipinski definition) is 5. The average molecular weight is 319 g/mol. The molecule has 0 atom stereocenters. The number of nitrogens with one attached hydrogen (secondary N) is 1. The summed E-state index contributed by atoms with van der Waals surface area (Å²) >= 11 is 0. The molecular formula is C18H17N5O. The Kier molecular flexibility index (Phi) is 3.88. The third-order valence-corrected chi connectivity index (χ3v) is 4.20. The average Bonchev–Trinajstić information content (AvgIpc) is 2.63. The summed E-state index contributed by atoms with van der Waals surface area (Å²) in [4.78, 5) is 30.7. The first-order valence-corrected chi connectivity index (χ1v) is 7.94. The van der Waals surface area contributed by atoms with E-state index in [0.717, 1.165) is 35.6 Å². The second kappa shape index (κ2) is 6.33. The first-order chi connectivity index (χ1) is 11.8. The van der Waals surface area contributed by atoms with Crippen molar-refractivity contribution >= 4 is 0 Å². The summed E-state index contributed by atoms with van der Waals surface area (Å²) in [5.74, 6) is 0.575. The van der Waals surface area contributed by atoms with E-state index in [4.69, 9.17) is 0 Å². The monoisotopic (exact) mass is 319 g/mol. The molecule has 0 saturated carbocycles. The van der Waals surface area contributed by atoms with Crippen molar-refractivity contribution in [2.75, 3.05) is 6.54 Å². The van der Waals surface area contributed by atoms with Crippen LogP contribution in [-0.2, 0) is 19.5 Å². The van der Waals surface area contributed by atoms with Crippen LogP contribution in [0.1, 0.15) is 17.0 Å². The Morgan fingerprint density at radius 2 is 2.12 bits per heavy atom. The fourth-order valence-corrected chi connectivity index (χ4v) is 2.99. The lowest BCUT2D eigenvalue weighted by atomic mass is 10.1. The molecule has 0 saturated heterocycles. The highest BCUT2D eigenvalue weighted by Gasteiger charge is 2.21. The standard InChI is InChI=1S/C18H17N5O/c24-18-15-6-9-23(11-14-5-1-2-8-20-14)12-16(15)21-17(22-18)13-4-3-7-19-10-13/h1-5,7-8,10H,6,9,11-12H2,(H,21,22,24). The molecule has 1 aliphatic rings. The van der Waals surface area contributed by atoms with Gasteiger partial charge in [0.25, 0.3) is 5.56 Å². The van der Waals surface area contributed by atoms with Crippen LogP contribution in [0.2, 0.25) is 0 Å². The maximum atomic E-state index is 12.4. The molecule has 0 fully saturated rings. The van der Waals surface area contributed by atoms with Crippen molar-refractivity contribution in [3.05, 3.63) is 76.2 Å². The Hall–Kier alpha value is -2.86. The quantitative estimate of drug-likeness (QED) is 0.796. The highest BCUT2D eigenvalue weighted by molar-refractivity contribution is 5.53. The minimum absolute atomic E-state index is 0.0451. The van der Waals surface area contributed by atoms with Crippen LogP contribution in [0.3, 0.4) is 0 Å². The summed E-state index contributed by atoms with van der Waals surface area (Å²) in [6.45, 7) is 2.25. The number of nitrogens with zero attached hydrogens (tertiary/aromatic N) is 4. The van der Waals surface area contributed by atoms with Crippen molar-refractivity contribution < 1.29 is 0 Å². The molecule has 24 heavy (non-hydrogen) atoms. The van der Waals surface area contributed by atoms with E-state index in [1.165, 1.54) is 0 Å². The zero-order valence-corrected chi connectivity index (χ0v) is 13.1. The van der Waals surface area contributed by atoms with Gasteiger partial charge >= 0.3 is 0 Å². The number of fused-ring (bicyclic) bond motifs is 1. The van der Waals surface area contributed by atoms with Gasteiger partial charge in [0.2, 0.25) is 0 Å². The fraction of sp³-hybridized carbons (Fsp3) is 0.222. The molecule has 6 heteroatoms. The zero-order chi connectivity index (χ0) is 16.4. The van der Waals surface area contributed by atoms with Gasteiger partial charge in [-0.25, -0.2) is 4.98 Å². The van der Waals surface area contributed by atoms with Crippen molar-refractivity contribution in [2.45, 2.75) is 19.5 Å². The molecule has 0 bridgehead atoms. The lowest BCUT2D eigenvalue weighted by Gasteiger charge is -2.27. The smallest absolute Gasteiger partial charge is 0.254 e. The van der Waals surface area contributed by atoms with E-state index < -0.39 is 0 Å². The Balaban J connectivity index is 1.62. The summed E-state index contributed by atoms with van der Waals surface area (Å²) in [5, 5.41) is 0. The molecular weight excluding hydrogens is 302 g/mol. The van der Waals surface area contributed by atoms with Gasteiger partial charge in [-0.3, -0.25) is 19.7 Å². The number of rotatable bonds is 3. The Morgan fingerprint density at radius 3 is 2.92 bits per heavy atom. The molecule has 120 valence electrons. The van der Waals surface area contributed by atoms with Crippen LogP contribution in [0.4, 0.5) is 0 Å². The van der Waals surface area contributed by atoms with E-state index in [0.29, 0.717) is 18.8 Å². The second-order valence-electron chi connectivity index (χ2n) is 5.86. The van der Waals surface area contributed by atoms with Crippen LogP contribution >= 0.6 is 0 Å². The third-order valence-electron chi connectivity index (χ3n) is 4.20. The van der Waals surface area contributed by atoms with Gasteiger partial charge in [-0.15, -0.1) is 0 Å². The van der Waals surface area contributed by atoms with Crippen molar-refractivity contribution in [2.24, 2.45) is 0 Å². The molecule has 0 aromatic carbocycles. The van der Waals surface area contributed by atoms with E-state index >= 15 is 0 Å². The number of aromatic amines is 1. The van der Waals surface area contributed by atoms with Gasteiger partial charge in [0.15, 0.2) is 0 Å². The second-order valence-corrected chi connectivity index (χ2v) is 5.86. The van der Waals surface area contributed by atoms with E-state index in [1.807, 2.05) is 30.3 Å². The Labute approximate surface area is 139 Å². The van der Waals surface area contributed by atoms with Crippen molar-refractivity contribution in [1.82, 2.24) is 24.8 Å². The van der Waals surface area contributed by atoms with E-state index in [1.54, 1.807) is 18.6 Å². The molecule has 3 aromatic rings. The lowest BCUT2D eigenvalue weighted by molar-refractivity contribution is 0.238. The molecule has 1 aliphatic heterocycles. The first kappa shape index (κ1) is 14.7. The Bertz CT molecular complexity index is 892. The predicted molar refractivity (Wildman–Crippen MR) is 90.1 cm³/mol. The topological polar surface area (TPSA) is 74.8 Å². The minimum Gasteiger partial charge on any atom is -0.306 e. The molecule has 4 rings (SSSR count). The van der Waals surface area contributed by atoms with Crippen LogP contribution in [0.5, 0.6) is 0 Å². The molecule has 0 aliphatic carbocycles. The first-order valence-electron chi connectivity index (χ1n) is 7.94. The van der Waals surface area contributed by atoms with Gasteiger partial charge < -0.3 is 4.98 Å². The largest absolute Gasteiger partial charge is 0.306 e. The summed E-state index contributed by atoms with van der Waals surface area (Å²) in [7, 11) is 0. The predicted octanol–water partition coefficient (Wildman–Crippen LogP) is 1.79. The van der Waals surface area contributed by atoms with Crippen molar-refractivity contribution in [3.63, 3.8) is 0 Å². The van der Waals surface area contributed by atoms with Crippen LogP contribution in [0.15, 0.2) is 53.7 Å². The molecule has 6 nitrogen and oxygen atoms in total. The van der Waals surface area contributed by atoms with Crippen LogP contribution < -0.4 is 5.56 Å². The van der Waals surface area contributed by atoms with E-state index in [-0.39, 0.29) is 5.56 Å². The molecule has 1 N–H and O–H groups in total. The summed E-state index contributed by atoms with van der Waals surface area (Å²) in [6, 6.07) is 9.65. The number of aromatic nitrogens is 4. The van der Waals surface area contributed by atoms with Gasteiger partial charge in [0.05, 0.1) is 11.4 Å². The van der Waals surface area contributed by atoms with E-state index in [2.05, 4.69) is 24.8 Å². The summed E-state index contributed by atoms with van der Waals surface area (Å²) < 4.78 is 0. The van der Waals surface area contributed by atoms with Crippen LogP contribution in [-0.4, -0.2) is 31.4 Å². The highest BCUT2D eigenvalue weighted by atomic mass is 16.1. The van der Waals surface area contributed by atoms with Crippen LogP contribution in [0.25, 0.3) is 11.4 Å². The molecule has 0 amide bonds. The minimum atomic E-state index is -0.0451. The SMILES string of the molecule is O=c1[nH]c(-c2cccnc2)nc2c1CCN(Cc1ccccn1)C2. The molecule has 0 unspecified atom stereocenters. The van der Waals surface area contributed by atoms with Gasteiger partial charge in [0.1, 0.15) is 5.82 Å². The summed E-state index contributed by atoms with van der Waals surface area (Å²) in [6.07, 6.45) is 5.92. The van der Waals surface area contributed by atoms with E-state index in [9.17, 15) is 4.79 Å². The van der Waals surface area contributed by atoms with Crippen molar-refractivity contribution in [3.8, 4) is 11.4 Å². The van der Waals surface area contributed by atoms with Crippen molar-refractivity contribution in [1.29, 1.82) is 0 Å². The maximum absolute atomic E-state index is 12.4. The van der Waals surface area contributed by atoms with Gasteiger partial charge in [-0.1, -0.05) is 6.07 Å². The van der Waals surface area contributed by atoms with Crippen LogP contribution in [0, 0.1) is 0 Å². The maximum Gasteiger partial charge on any atom is 0.254 e. The molecule has 3 aromatic heterocycles. The molecule has 0 radical (unpaired) electrons. The van der Waals surface area contributed by atoms with Gasteiger partial charge in [-0.2, -0.15) is 0 Å². The zero-order valence-electron chi connectivity index (χ0n) is 13.1. The number of pyridine rings is 2. The number of H-pyrrole nitrogens is 1. The normalized spacial score (nSPS) is 14.3. The van der Waals surface area contributed by atoms with Gasteiger partial charge in [0, 0.05) is 49.4 Å².